The Labute approximate surface area is 155 Å². The molecule has 0 N–H and O–H groups in total. The topological polar surface area (TPSA) is 26.3 Å². The summed E-state index contributed by atoms with van der Waals surface area (Å²) >= 11 is 0. The minimum Gasteiger partial charge on any atom is -0.528 e. The molecular weight excluding hydrogens is 312 g/mol. The molecule has 0 aromatic carbocycles. The van der Waals surface area contributed by atoms with Crippen LogP contribution in [0.15, 0.2) is 0 Å². The predicted molar refractivity (Wildman–Crippen MR) is 109 cm³/mol. The van der Waals surface area contributed by atoms with E-state index in [-0.39, 0.29) is 11.4 Å². The van der Waals surface area contributed by atoms with Crippen molar-refractivity contribution in [1.29, 1.82) is 0 Å². The Morgan fingerprint density at radius 1 is 0.875 bits per heavy atom. The SMILES string of the molecule is CCCCCCCCC(C)C(C)(CCCCCCCC)C(=O)O[SiH3]. The van der Waals surface area contributed by atoms with Gasteiger partial charge in [0.05, 0.1) is 5.41 Å². The molecule has 0 spiro atoms. The number of hydrogen-bond acceptors (Lipinski definition) is 2. The van der Waals surface area contributed by atoms with Crippen LogP contribution in [-0.4, -0.2) is 16.5 Å². The highest BCUT2D eigenvalue weighted by atomic mass is 28.2. The van der Waals surface area contributed by atoms with E-state index in [9.17, 15) is 4.79 Å². The van der Waals surface area contributed by atoms with E-state index < -0.39 is 0 Å². The van der Waals surface area contributed by atoms with Gasteiger partial charge in [-0.1, -0.05) is 97.8 Å². The fourth-order valence-corrected chi connectivity index (χ4v) is 4.07. The van der Waals surface area contributed by atoms with Crippen LogP contribution in [0.1, 0.15) is 118 Å². The second-order valence-electron chi connectivity index (χ2n) is 7.88. The quantitative estimate of drug-likeness (QED) is 0.252. The molecule has 144 valence electrons. The number of carbonyl (C=O) groups is 1. The lowest BCUT2D eigenvalue weighted by atomic mass is 9.72. The summed E-state index contributed by atoms with van der Waals surface area (Å²) in [7, 11) is 0.517. The Bertz CT molecular complexity index is 306. The second kappa shape index (κ2) is 15.0. The van der Waals surface area contributed by atoms with Crippen LogP contribution in [0.5, 0.6) is 0 Å². The first kappa shape index (κ1) is 23.7. The second-order valence-corrected chi connectivity index (χ2v) is 8.29. The van der Waals surface area contributed by atoms with Crippen molar-refractivity contribution in [1.82, 2.24) is 0 Å². The van der Waals surface area contributed by atoms with Gasteiger partial charge >= 0.3 is 0 Å². The minimum atomic E-state index is -0.268. The molecule has 0 saturated heterocycles. The first-order valence-corrected chi connectivity index (χ1v) is 11.4. The summed E-state index contributed by atoms with van der Waals surface area (Å²) in [5.41, 5.74) is -0.268. The average Bonchev–Trinajstić information content (AvgIpc) is 2.59. The summed E-state index contributed by atoms with van der Waals surface area (Å²) in [5.74, 6) is 0.488. The van der Waals surface area contributed by atoms with Gasteiger partial charge in [0.1, 0.15) is 0 Å². The third-order valence-electron chi connectivity index (χ3n) is 5.78. The standard InChI is InChI=1S/C21H44O2Si/c1-5-7-9-11-13-15-17-19(3)21(4,20(22)23-24)18-16-14-12-10-8-6-2/h19H,5-18H2,1-4,24H3. The molecule has 0 aliphatic carbocycles. The van der Waals surface area contributed by atoms with Gasteiger partial charge in [0.15, 0.2) is 0 Å². The van der Waals surface area contributed by atoms with Crippen LogP contribution in [0.25, 0.3) is 0 Å². The van der Waals surface area contributed by atoms with Crippen LogP contribution in [0.3, 0.4) is 0 Å². The zero-order chi connectivity index (χ0) is 18.3. The largest absolute Gasteiger partial charge is 0.528 e. The van der Waals surface area contributed by atoms with Crippen molar-refractivity contribution in [3.8, 4) is 0 Å². The third kappa shape index (κ3) is 9.86. The molecule has 0 aromatic rings. The molecule has 0 aromatic heterocycles. The van der Waals surface area contributed by atoms with E-state index in [1.165, 1.54) is 70.6 Å². The van der Waals surface area contributed by atoms with Crippen molar-refractivity contribution in [3.05, 3.63) is 0 Å². The molecular formula is C21H44O2Si. The van der Waals surface area contributed by atoms with Gasteiger partial charge in [-0.3, -0.25) is 4.79 Å². The van der Waals surface area contributed by atoms with Gasteiger partial charge in [-0.05, 0) is 25.7 Å². The molecule has 0 amide bonds. The van der Waals surface area contributed by atoms with Gasteiger partial charge in [-0.15, -0.1) is 0 Å². The van der Waals surface area contributed by atoms with Crippen LogP contribution in [0.2, 0.25) is 0 Å². The highest BCUT2D eigenvalue weighted by Gasteiger charge is 2.38. The van der Waals surface area contributed by atoms with Crippen LogP contribution in [0.4, 0.5) is 0 Å². The lowest BCUT2D eigenvalue weighted by molar-refractivity contribution is -0.148. The van der Waals surface area contributed by atoms with Crippen molar-refractivity contribution in [2.45, 2.75) is 118 Å². The summed E-state index contributed by atoms with van der Waals surface area (Å²) in [6.45, 7) is 8.93. The summed E-state index contributed by atoms with van der Waals surface area (Å²) in [4.78, 5) is 12.4. The zero-order valence-corrected chi connectivity index (χ0v) is 19.3. The van der Waals surface area contributed by atoms with E-state index in [1.54, 1.807) is 0 Å². The van der Waals surface area contributed by atoms with E-state index in [0.29, 0.717) is 16.4 Å². The molecule has 0 saturated carbocycles. The number of hydrogen-bond donors (Lipinski definition) is 0. The molecule has 24 heavy (non-hydrogen) atoms. The van der Waals surface area contributed by atoms with Crippen LogP contribution in [-0.2, 0) is 9.22 Å². The van der Waals surface area contributed by atoms with Gasteiger partial charge < -0.3 is 4.43 Å². The van der Waals surface area contributed by atoms with Crippen molar-refractivity contribution >= 4 is 16.5 Å². The van der Waals surface area contributed by atoms with E-state index in [0.717, 1.165) is 19.3 Å². The van der Waals surface area contributed by atoms with Gasteiger partial charge in [0, 0.05) is 0 Å². The minimum absolute atomic E-state index is 0.0567. The van der Waals surface area contributed by atoms with Crippen molar-refractivity contribution in [3.63, 3.8) is 0 Å². The fraction of sp³-hybridized carbons (Fsp3) is 0.952. The fourth-order valence-electron chi connectivity index (χ4n) is 3.60. The summed E-state index contributed by atoms with van der Waals surface area (Å²) in [5, 5.41) is 0. The zero-order valence-electron chi connectivity index (χ0n) is 17.3. The summed E-state index contributed by atoms with van der Waals surface area (Å²) in [6, 6.07) is 0. The van der Waals surface area contributed by atoms with Gasteiger partial charge in [-0.2, -0.15) is 0 Å². The maximum atomic E-state index is 12.4. The monoisotopic (exact) mass is 356 g/mol. The maximum Gasteiger partial charge on any atom is 0.298 e. The van der Waals surface area contributed by atoms with E-state index >= 15 is 0 Å². The molecule has 0 rings (SSSR count). The normalized spacial score (nSPS) is 15.2. The summed E-state index contributed by atoms with van der Waals surface area (Å²) < 4.78 is 5.29. The van der Waals surface area contributed by atoms with Crippen molar-refractivity contribution in [2.75, 3.05) is 0 Å². The molecule has 2 unspecified atom stereocenters. The molecule has 3 heteroatoms. The first-order chi connectivity index (χ1) is 11.5. The Balaban J connectivity index is 4.22. The molecule has 0 heterocycles. The molecule has 2 nitrogen and oxygen atoms in total. The summed E-state index contributed by atoms with van der Waals surface area (Å²) in [6.07, 6.45) is 17.8. The number of rotatable bonds is 16. The van der Waals surface area contributed by atoms with Crippen LogP contribution in [0, 0.1) is 11.3 Å². The number of carbonyl (C=O) groups excluding carboxylic acids is 1. The average molecular weight is 357 g/mol. The Morgan fingerprint density at radius 2 is 1.33 bits per heavy atom. The molecule has 0 radical (unpaired) electrons. The highest BCUT2D eigenvalue weighted by Crippen LogP contribution is 2.37. The van der Waals surface area contributed by atoms with Gasteiger partial charge in [0.2, 0.25) is 10.5 Å². The van der Waals surface area contributed by atoms with E-state index in [4.69, 9.17) is 4.43 Å². The Morgan fingerprint density at radius 3 is 1.83 bits per heavy atom. The number of unbranched alkanes of at least 4 members (excludes halogenated alkanes) is 10. The predicted octanol–water partition coefficient (Wildman–Crippen LogP) is 5.95. The Kier molecular flexibility index (Phi) is 14.8. The lowest BCUT2D eigenvalue weighted by Crippen LogP contribution is -2.36. The molecule has 0 fully saturated rings. The van der Waals surface area contributed by atoms with Crippen molar-refractivity contribution < 1.29 is 9.22 Å². The van der Waals surface area contributed by atoms with E-state index in [2.05, 4.69) is 27.7 Å². The highest BCUT2D eigenvalue weighted by molar-refractivity contribution is 6.06. The Hall–Kier alpha value is -0.313. The molecule has 0 aliphatic heterocycles. The first-order valence-electron chi connectivity index (χ1n) is 10.6. The van der Waals surface area contributed by atoms with Crippen LogP contribution < -0.4 is 0 Å². The maximum absolute atomic E-state index is 12.4. The van der Waals surface area contributed by atoms with E-state index in [1.807, 2.05) is 0 Å². The lowest BCUT2D eigenvalue weighted by Gasteiger charge is -2.33. The van der Waals surface area contributed by atoms with Crippen molar-refractivity contribution in [2.24, 2.45) is 11.3 Å². The smallest absolute Gasteiger partial charge is 0.298 e. The molecule has 2 atom stereocenters. The van der Waals surface area contributed by atoms with Crippen LogP contribution >= 0.6 is 0 Å². The van der Waals surface area contributed by atoms with Gasteiger partial charge in [-0.25, -0.2) is 0 Å². The molecule has 0 aliphatic rings. The third-order valence-corrected chi connectivity index (χ3v) is 6.15. The molecule has 0 bridgehead atoms. The van der Waals surface area contributed by atoms with Gasteiger partial charge in [0.25, 0.3) is 5.97 Å².